The third-order valence-electron chi connectivity index (χ3n) is 1.10. The summed E-state index contributed by atoms with van der Waals surface area (Å²) in [6.07, 6.45) is 3.60. The summed E-state index contributed by atoms with van der Waals surface area (Å²) in [5.74, 6) is 0. The van der Waals surface area contributed by atoms with Crippen LogP contribution in [0.3, 0.4) is 0 Å². The lowest BCUT2D eigenvalue weighted by Crippen LogP contribution is -1.65. The topological polar surface area (TPSA) is 30.2 Å². The Morgan fingerprint density at radius 3 is 2.33 bits per heavy atom. The van der Waals surface area contributed by atoms with E-state index in [9.17, 15) is 4.79 Å². The summed E-state index contributed by atoms with van der Waals surface area (Å²) < 4.78 is 4.57. The van der Waals surface area contributed by atoms with Crippen LogP contribution in [0.25, 0.3) is 0 Å². The van der Waals surface area contributed by atoms with E-state index in [2.05, 4.69) is 4.42 Å². The third-order valence-corrected chi connectivity index (χ3v) is 1.73. The predicted octanol–water partition coefficient (Wildman–Crippen LogP) is 2.84. The van der Waals surface area contributed by atoms with Gasteiger partial charge in [0.15, 0.2) is 6.29 Å². The van der Waals surface area contributed by atoms with Gasteiger partial charge in [-0.15, -0.1) is 0 Å². The molecule has 12 heavy (non-hydrogen) atoms. The Hall–Kier alpha value is -1.35. The van der Waals surface area contributed by atoms with E-state index < -0.39 is 0 Å². The lowest BCUT2D eigenvalue weighted by atomic mass is 10.4. The van der Waals surface area contributed by atoms with E-state index in [0.29, 0.717) is 5.56 Å². The highest BCUT2D eigenvalue weighted by molar-refractivity contribution is 7.07. The van der Waals surface area contributed by atoms with Crippen LogP contribution >= 0.6 is 11.3 Å². The lowest BCUT2D eigenvalue weighted by Gasteiger charge is -1.64. The second-order valence-electron chi connectivity index (χ2n) is 1.97. The smallest absolute Gasteiger partial charge is 0.153 e. The summed E-state index contributed by atoms with van der Waals surface area (Å²) in [4.78, 5) is 9.81. The molecule has 0 saturated heterocycles. The minimum Gasteiger partial charge on any atom is -0.472 e. The van der Waals surface area contributed by atoms with Gasteiger partial charge in [-0.25, -0.2) is 0 Å². The van der Waals surface area contributed by atoms with Crippen molar-refractivity contribution < 1.29 is 9.21 Å². The molecule has 0 atom stereocenters. The van der Waals surface area contributed by atoms with Crippen molar-refractivity contribution in [2.24, 2.45) is 0 Å². The van der Waals surface area contributed by atoms with Gasteiger partial charge in [0.2, 0.25) is 0 Å². The molecule has 0 amide bonds. The summed E-state index contributed by atoms with van der Waals surface area (Å²) in [5.41, 5.74) is 0.583. The summed E-state index contributed by atoms with van der Waals surface area (Å²) in [7, 11) is 0. The lowest BCUT2D eigenvalue weighted by molar-refractivity contribution is 0.112. The maximum atomic E-state index is 9.81. The highest BCUT2D eigenvalue weighted by Crippen LogP contribution is 1.92. The van der Waals surface area contributed by atoms with Gasteiger partial charge in [0.25, 0.3) is 0 Å². The van der Waals surface area contributed by atoms with Gasteiger partial charge in [-0.1, -0.05) is 12.1 Å². The average Bonchev–Trinajstić information content (AvgIpc) is 2.81. The zero-order valence-electron chi connectivity index (χ0n) is 6.34. The number of hydrogen-bond acceptors (Lipinski definition) is 3. The molecule has 0 aromatic carbocycles. The van der Waals surface area contributed by atoms with Gasteiger partial charge in [-0.2, -0.15) is 11.3 Å². The van der Waals surface area contributed by atoms with Crippen LogP contribution in [0, 0.1) is 0 Å². The second kappa shape index (κ2) is 5.32. The van der Waals surface area contributed by atoms with Crippen molar-refractivity contribution >= 4 is 17.6 Å². The molecule has 0 bridgehead atoms. The van der Waals surface area contributed by atoms with E-state index in [-0.39, 0.29) is 0 Å². The molecule has 2 rings (SSSR count). The molecule has 0 N–H and O–H groups in total. The first-order chi connectivity index (χ1) is 5.93. The normalized spacial score (nSPS) is 8.33. The Labute approximate surface area is 74.5 Å². The summed E-state index contributed by atoms with van der Waals surface area (Å²) in [6.45, 7) is 0. The van der Waals surface area contributed by atoms with Crippen molar-refractivity contribution in [2.75, 3.05) is 0 Å². The van der Waals surface area contributed by atoms with Crippen molar-refractivity contribution in [2.45, 2.75) is 0 Å². The van der Waals surface area contributed by atoms with Crippen molar-refractivity contribution in [3.8, 4) is 0 Å². The number of thiophene rings is 1. The molecule has 2 nitrogen and oxygen atoms in total. The molecule has 2 aromatic rings. The monoisotopic (exact) mass is 180 g/mol. The Bertz CT molecular complexity index is 267. The Morgan fingerprint density at radius 2 is 2.08 bits per heavy atom. The predicted molar refractivity (Wildman–Crippen MR) is 48.4 cm³/mol. The van der Waals surface area contributed by atoms with E-state index in [4.69, 9.17) is 0 Å². The molecule has 0 radical (unpaired) electrons. The summed E-state index contributed by atoms with van der Waals surface area (Å²) in [6, 6.07) is 5.64. The summed E-state index contributed by atoms with van der Waals surface area (Å²) >= 11 is 1.71. The van der Waals surface area contributed by atoms with Gasteiger partial charge in [-0.05, 0) is 16.8 Å². The molecule has 0 aliphatic rings. The van der Waals surface area contributed by atoms with Crippen LogP contribution < -0.4 is 0 Å². The van der Waals surface area contributed by atoms with Gasteiger partial charge < -0.3 is 4.42 Å². The van der Waals surface area contributed by atoms with Gasteiger partial charge in [0.1, 0.15) is 6.26 Å². The first-order valence-electron chi connectivity index (χ1n) is 3.38. The fourth-order valence-electron chi connectivity index (χ4n) is 0.569. The van der Waals surface area contributed by atoms with Crippen LogP contribution in [0.1, 0.15) is 10.4 Å². The molecule has 2 heterocycles. The van der Waals surface area contributed by atoms with Crippen LogP contribution in [0.5, 0.6) is 0 Å². The van der Waals surface area contributed by atoms with Crippen molar-refractivity contribution in [3.05, 3.63) is 47.0 Å². The molecule has 62 valence electrons. The van der Waals surface area contributed by atoms with E-state index in [1.807, 2.05) is 22.9 Å². The molecule has 0 saturated carbocycles. The summed E-state index contributed by atoms with van der Waals surface area (Å²) in [5, 5.41) is 4.08. The highest BCUT2D eigenvalue weighted by atomic mass is 32.1. The number of aldehydes is 1. The molecule has 3 heteroatoms. The maximum Gasteiger partial charge on any atom is 0.153 e. The Balaban J connectivity index is 0.000000127. The van der Waals surface area contributed by atoms with Gasteiger partial charge >= 0.3 is 0 Å². The largest absolute Gasteiger partial charge is 0.472 e. The van der Waals surface area contributed by atoms with Crippen molar-refractivity contribution in [1.29, 1.82) is 0 Å². The molecule has 0 aliphatic heterocycles. The van der Waals surface area contributed by atoms with Crippen LogP contribution in [0.4, 0.5) is 0 Å². The first kappa shape index (κ1) is 8.74. The van der Waals surface area contributed by atoms with E-state index in [1.54, 1.807) is 17.4 Å². The molecule has 0 fully saturated rings. The quantitative estimate of drug-likeness (QED) is 0.632. The van der Waals surface area contributed by atoms with Crippen molar-refractivity contribution in [3.63, 3.8) is 0 Å². The number of rotatable bonds is 1. The molecule has 0 aliphatic carbocycles. The standard InChI is InChI=1S/C5H4O2.C4H4S/c6-3-5-1-2-7-4-5;1-2-4-5-3-1/h1-4H;1-4H. The number of carbonyl (C=O) groups is 1. The number of furan rings is 1. The van der Waals surface area contributed by atoms with E-state index in [1.165, 1.54) is 12.5 Å². The Kier molecular flexibility index (Phi) is 3.88. The third kappa shape index (κ3) is 3.16. The van der Waals surface area contributed by atoms with Gasteiger partial charge in [0.05, 0.1) is 11.8 Å². The fourth-order valence-corrected chi connectivity index (χ4v) is 1.02. The van der Waals surface area contributed by atoms with Gasteiger partial charge in [-0.3, -0.25) is 4.79 Å². The first-order valence-corrected chi connectivity index (χ1v) is 4.32. The van der Waals surface area contributed by atoms with Gasteiger partial charge in [0, 0.05) is 0 Å². The van der Waals surface area contributed by atoms with Crippen LogP contribution in [0.2, 0.25) is 0 Å². The Morgan fingerprint density at radius 1 is 1.33 bits per heavy atom. The molecule has 0 unspecified atom stereocenters. The zero-order chi connectivity index (χ0) is 8.65. The minimum atomic E-state index is 0.583. The number of hydrogen-bond donors (Lipinski definition) is 0. The fraction of sp³-hybridized carbons (Fsp3) is 0. The average molecular weight is 180 g/mol. The van der Waals surface area contributed by atoms with Crippen molar-refractivity contribution in [1.82, 2.24) is 0 Å². The molecule has 0 spiro atoms. The van der Waals surface area contributed by atoms with Crippen LogP contribution in [-0.4, -0.2) is 6.29 Å². The highest BCUT2D eigenvalue weighted by Gasteiger charge is 1.84. The molecular formula is C9H8O2S. The van der Waals surface area contributed by atoms with Crippen LogP contribution in [0.15, 0.2) is 45.9 Å². The maximum absolute atomic E-state index is 9.81. The second-order valence-corrected chi connectivity index (χ2v) is 2.78. The minimum absolute atomic E-state index is 0.583. The SMILES string of the molecule is O=Cc1ccoc1.c1ccsc1. The van der Waals surface area contributed by atoms with E-state index in [0.717, 1.165) is 6.29 Å². The molecule has 2 aromatic heterocycles. The zero-order valence-corrected chi connectivity index (χ0v) is 7.16. The molecular weight excluding hydrogens is 172 g/mol. The van der Waals surface area contributed by atoms with Crippen LogP contribution in [-0.2, 0) is 0 Å². The number of carbonyl (C=O) groups excluding carboxylic acids is 1. The van der Waals surface area contributed by atoms with E-state index >= 15 is 0 Å².